The van der Waals surface area contributed by atoms with Crippen LogP contribution in [0.2, 0.25) is 0 Å². The SMILES string of the molecule is [CH2+]C(N)(CO)CO. The molecular formula is C4H10NO2+. The molecule has 3 heteroatoms. The number of rotatable bonds is 2. The third-order valence-corrected chi connectivity index (χ3v) is 0.630. The molecule has 0 saturated heterocycles. The van der Waals surface area contributed by atoms with Crippen LogP contribution < -0.4 is 5.73 Å². The summed E-state index contributed by atoms with van der Waals surface area (Å²) in [6.45, 7) is 2.71. The van der Waals surface area contributed by atoms with E-state index in [0.717, 1.165) is 0 Å². The Hall–Kier alpha value is -0.250. The molecule has 0 atom stereocenters. The molecule has 4 N–H and O–H groups in total. The molecule has 7 heavy (non-hydrogen) atoms. The van der Waals surface area contributed by atoms with Gasteiger partial charge in [0, 0.05) is 0 Å². The van der Waals surface area contributed by atoms with Crippen LogP contribution in [0.1, 0.15) is 0 Å². The van der Waals surface area contributed by atoms with Crippen molar-refractivity contribution in [3.05, 3.63) is 6.92 Å². The van der Waals surface area contributed by atoms with Crippen molar-refractivity contribution >= 4 is 0 Å². The molecule has 0 saturated carbocycles. The van der Waals surface area contributed by atoms with Crippen molar-refractivity contribution in [3.63, 3.8) is 0 Å². The maximum absolute atomic E-state index is 8.25. The van der Waals surface area contributed by atoms with Crippen molar-refractivity contribution in [2.75, 3.05) is 13.2 Å². The summed E-state index contributed by atoms with van der Waals surface area (Å²) in [4.78, 5) is 0. The highest BCUT2D eigenvalue weighted by atomic mass is 16.3. The first kappa shape index (κ1) is 6.75. The van der Waals surface area contributed by atoms with Crippen LogP contribution in [0.15, 0.2) is 0 Å². The van der Waals surface area contributed by atoms with Gasteiger partial charge >= 0.3 is 0 Å². The van der Waals surface area contributed by atoms with E-state index in [1.54, 1.807) is 0 Å². The molecule has 0 amide bonds. The summed E-state index contributed by atoms with van der Waals surface area (Å²) in [5, 5.41) is 16.5. The summed E-state index contributed by atoms with van der Waals surface area (Å²) in [5.41, 5.74) is 4.05. The Morgan fingerprint density at radius 2 is 1.71 bits per heavy atom. The molecule has 42 valence electrons. The van der Waals surface area contributed by atoms with Gasteiger partial charge in [0.05, 0.1) is 6.92 Å². The Bertz CT molecular complexity index is 47.7. The smallest absolute Gasteiger partial charge is 0.200 e. The highest BCUT2D eigenvalue weighted by Gasteiger charge is 2.22. The molecule has 3 nitrogen and oxygen atoms in total. The van der Waals surface area contributed by atoms with E-state index < -0.39 is 5.54 Å². The van der Waals surface area contributed by atoms with Gasteiger partial charge in [-0.05, 0) is 0 Å². The van der Waals surface area contributed by atoms with Crippen LogP contribution in [0.25, 0.3) is 0 Å². The van der Waals surface area contributed by atoms with Gasteiger partial charge in [0.25, 0.3) is 0 Å². The zero-order chi connectivity index (χ0) is 5.91. The first-order valence-corrected chi connectivity index (χ1v) is 1.98. The lowest BCUT2D eigenvalue weighted by Crippen LogP contribution is -2.44. The van der Waals surface area contributed by atoms with Gasteiger partial charge in [0.2, 0.25) is 0 Å². The minimum atomic E-state index is -1.06. The van der Waals surface area contributed by atoms with Gasteiger partial charge in [0.1, 0.15) is 13.2 Å². The molecule has 0 fully saturated rings. The lowest BCUT2D eigenvalue weighted by Gasteiger charge is -2.08. The second-order valence-electron chi connectivity index (χ2n) is 1.68. The first-order valence-electron chi connectivity index (χ1n) is 1.98. The van der Waals surface area contributed by atoms with E-state index in [-0.39, 0.29) is 13.2 Å². The predicted molar refractivity (Wildman–Crippen MR) is 26.4 cm³/mol. The van der Waals surface area contributed by atoms with Crippen molar-refractivity contribution in [1.82, 2.24) is 0 Å². The van der Waals surface area contributed by atoms with Crippen molar-refractivity contribution < 1.29 is 10.2 Å². The summed E-state index contributed by atoms with van der Waals surface area (Å²) in [6.07, 6.45) is 0. The highest BCUT2D eigenvalue weighted by molar-refractivity contribution is 4.84. The van der Waals surface area contributed by atoms with Crippen LogP contribution in [0.4, 0.5) is 0 Å². The maximum Gasteiger partial charge on any atom is 0.200 e. The summed E-state index contributed by atoms with van der Waals surface area (Å²) in [5.74, 6) is 0. The van der Waals surface area contributed by atoms with E-state index in [0.29, 0.717) is 0 Å². The molecule has 0 aliphatic heterocycles. The summed E-state index contributed by atoms with van der Waals surface area (Å²) < 4.78 is 0. The summed E-state index contributed by atoms with van der Waals surface area (Å²) in [6, 6.07) is 0. The van der Waals surface area contributed by atoms with Crippen molar-refractivity contribution in [2.24, 2.45) is 5.73 Å². The summed E-state index contributed by atoms with van der Waals surface area (Å²) in [7, 11) is 0. The highest BCUT2D eigenvalue weighted by Crippen LogP contribution is 1.90. The van der Waals surface area contributed by atoms with Gasteiger partial charge in [-0.3, -0.25) is 5.73 Å². The fourth-order valence-corrected chi connectivity index (χ4v) is 0.0500. The number of aliphatic hydroxyl groups excluding tert-OH is 2. The number of aliphatic hydroxyl groups is 2. The number of hydrogen-bond acceptors (Lipinski definition) is 3. The largest absolute Gasteiger partial charge is 0.390 e. The van der Waals surface area contributed by atoms with Crippen LogP contribution in [-0.2, 0) is 0 Å². The normalized spacial score (nSPS) is 11.9. The quantitative estimate of drug-likeness (QED) is 0.374. The third kappa shape index (κ3) is 2.45. The second-order valence-corrected chi connectivity index (χ2v) is 1.68. The molecule has 0 spiro atoms. The Labute approximate surface area is 42.8 Å². The van der Waals surface area contributed by atoms with E-state index in [9.17, 15) is 0 Å². The van der Waals surface area contributed by atoms with E-state index in [1.807, 2.05) is 0 Å². The van der Waals surface area contributed by atoms with Crippen molar-refractivity contribution in [3.8, 4) is 0 Å². The second kappa shape index (κ2) is 2.16. The molecule has 0 aliphatic carbocycles. The average molecular weight is 104 g/mol. The zero-order valence-electron chi connectivity index (χ0n) is 4.09. The topological polar surface area (TPSA) is 66.5 Å². The van der Waals surface area contributed by atoms with Crippen LogP contribution in [0, 0.1) is 6.92 Å². The van der Waals surface area contributed by atoms with Gasteiger partial charge in [-0.15, -0.1) is 0 Å². The fraction of sp³-hybridized carbons (Fsp3) is 0.750. The Morgan fingerprint density at radius 3 is 1.71 bits per heavy atom. The number of hydrogen-bond donors (Lipinski definition) is 3. The van der Waals surface area contributed by atoms with Crippen molar-refractivity contribution in [2.45, 2.75) is 5.54 Å². The van der Waals surface area contributed by atoms with Crippen LogP contribution in [0.5, 0.6) is 0 Å². The molecule has 0 aromatic rings. The molecule has 0 aromatic heterocycles. The predicted octanol–water partition coefficient (Wildman–Crippen LogP) is -1.50. The first-order chi connectivity index (χ1) is 3.12. The average Bonchev–Trinajstić information content (AvgIpc) is 1.68. The molecule has 0 aromatic carbocycles. The van der Waals surface area contributed by atoms with E-state index >= 15 is 0 Å². The Balaban J connectivity index is 3.36. The van der Waals surface area contributed by atoms with Crippen molar-refractivity contribution in [1.29, 1.82) is 0 Å². The number of nitrogens with two attached hydrogens (primary N) is 1. The molecule has 0 unspecified atom stereocenters. The van der Waals surface area contributed by atoms with Gasteiger partial charge < -0.3 is 10.2 Å². The van der Waals surface area contributed by atoms with Gasteiger partial charge in [-0.2, -0.15) is 0 Å². The van der Waals surface area contributed by atoms with E-state index in [1.165, 1.54) is 0 Å². The Kier molecular flexibility index (Phi) is 2.08. The van der Waals surface area contributed by atoms with Gasteiger partial charge in [-0.25, -0.2) is 0 Å². The molecule has 0 bridgehead atoms. The minimum Gasteiger partial charge on any atom is -0.390 e. The molecule has 0 aliphatic rings. The molecule has 0 radical (unpaired) electrons. The monoisotopic (exact) mass is 104 g/mol. The summed E-state index contributed by atoms with van der Waals surface area (Å²) >= 11 is 0. The molecule has 0 heterocycles. The third-order valence-electron chi connectivity index (χ3n) is 0.630. The van der Waals surface area contributed by atoms with Gasteiger partial charge in [-0.1, -0.05) is 0 Å². The molecular weight excluding hydrogens is 94.0 g/mol. The maximum atomic E-state index is 8.25. The lowest BCUT2D eigenvalue weighted by molar-refractivity contribution is 0.150. The van der Waals surface area contributed by atoms with E-state index in [4.69, 9.17) is 15.9 Å². The van der Waals surface area contributed by atoms with Gasteiger partial charge in [0.15, 0.2) is 5.54 Å². The van der Waals surface area contributed by atoms with Crippen LogP contribution in [-0.4, -0.2) is 29.0 Å². The molecule has 0 rings (SSSR count). The minimum absolute atomic E-state index is 0.288. The lowest BCUT2D eigenvalue weighted by atomic mass is 10.1. The fourth-order valence-electron chi connectivity index (χ4n) is 0.0500. The van der Waals surface area contributed by atoms with Crippen LogP contribution >= 0.6 is 0 Å². The zero-order valence-corrected chi connectivity index (χ0v) is 4.09. The van der Waals surface area contributed by atoms with Crippen LogP contribution in [0.3, 0.4) is 0 Å². The Morgan fingerprint density at radius 1 is 1.43 bits per heavy atom. The standard InChI is InChI=1S/C4H10NO2/c1-4(5,2-6)3-7/h6-7H,1-3,5H2/q+1. The van der Waals surface area contributed by atoms with E-state index in [2.05, 4.69) is 6.92 Å².